The molecule has 5 rings (SSSR count). The summed E-state index contributed by atoms with van der Waals surface area (Å²) in [6.07, 6.45) is 1.08. The van der Waals surface area contributed by atoms with Gasteiger partial charge in [-0.1, -0.05) is 67.6 Å². The quantitative estimate of drug-likeness (QED) is 0.499. The standard InChI is InChI=1S/C27H29N5O/c1-19-24(26(33)28-17-27(2)14-15-31(3)18-27)30-32-23(21-12-8-5-9-13-21)16-22(29-25(19)32)20-10-6-4-7-11-20/h4-13,16H,14-15,17-18H2,1-3H3,(H,28,33). The molecule has 0 bridgehead atoms. The zero-order valence-corrected chi connectivity index (χ0v) is 19.4. The number of nitrogens with zero attached hydrogens (tertiary/aromatic N) is 4. The minimum atomic E-state index is -0.144. The molecule has 6 nitrogen and oxygen atoms in total. The van der Waals surface area contributed by atoms with Gasteiger partial charge in [0.05, 0.1) is 11.4 Å². The summed E-state index contributed by atoms with van der Waals surface area (Å²) < 4.78 is 1.80. The third kappa shape index (κ3) is 4.14. The van der Waals surface area contributed by atoms with Crippen LogP contribution in [-0.4, -0.2) is 52.1 Å². The van der Waals surface area contributed by atoms with E-state index in [0.29, 0.717) is 17.9 Å². The van der Waals surface area contributed by atoms with Crippen LogP contribution in [-0.2, 0) is 0 Å². The Kier molecular flexibility index (Phi) is 5.46. The van der Waals surface area contributed by atoms with Gasteiger partial charge in [-0.3, -0.25) is 4.79 Å². The van der Waals surface area contributed by atoms with E-state index in [1.807, 2.05) is 61.5 Å². The van der Waals surface area contributed by atoms with Gasteiger partial charge in [-0.15, -0.1) is 0 Å². The molecule has 2 aromatic carbocycles. The Morgan fingerprint density at radius 2 is 1.73 bits per heavy atom. The van der Waals surface area contributed by atoms with E-state index in [1.54, 1.807) is 4.52 Å². The summed E-state index contributed by atoms with van der Waals surface area (Å²) in [4.78, 5) is 20.4. The maximum atomic E-state index is 13.2. The second kappa shape index (κ2) is 8.45. The van der Waals surface area contributed by atoms with E-state index in [-0.39, 0.29) is 11.3 Å². The maximum absolute atomic E-state index is 13.2. The van der Waals surface area contributed by atoms with Gasteiger partial charge in [0.1, 0.15) is 0 Å². The van der Waals surface area contributed by atoms with Crippen molar-refractivity contribution in [2.24, 2.45) is 5.41 Å². The molecule has 1 fully saturated rings. The Hall–Kier alpha value is -3.51. The fourth-order valence-electron chi connectivity index (χ4n) is 4.70. The van der Waals surface area contributed by atoms with Gasteiger partial charge in [0.15, 0.2) is 11.3 Å². The SMILES string of the molecule is Cc1c(C(=O)NCC2(C)CCN(C)C2)nn2c(-c3ccccc3)cc(-c3ccccc3)nc12. The number of rotatable bonds is 5. The molecule has 1 amide bonds. The van der Waals surface area contributed by atoms with Gasteiger partial charge >= 0.3 is 0 Å². The third-order valence-corrected chi connectivity index (χ3v) is 6.60. The molecule has 0 aliphatic carbocycles. The minimum absolute atomic E-state index is 0.0887. The van der Waals surface area contributed by atoms with Crippen molar-refractivity contribution in [3.8, 4) is 22.5 Å². The molecule has 168 valence electrons. The molecule has 0 saturated carbocycles. The third-order valence-electron chi connectivity index (χ3n) is 6.60. The molecule has 3 heterocycles. The number of benzene rings is 2. The fraction of sp³-hybridized carbons (Fsp3) is 0.296. The van der Waals surface area contributed by atoms with Crippen molar-refractivity contribution >= 4 is 11.6 Å². The van der Waals surface area contributed by atoms with Crippen molar-refractivity contribution in [3.63, 3.8) is 0 Å². The lowest BCUT2D eigenvalue weighted by Crippen LogP contribution is -2.37. The minimum Gasteiger partial charge on any atom is -0.350 e. The van der Waals surface area contributed by atoms with Crippen LogP contribution in [0.3, 0.4) is 0 Å². The Bertz CT molecular complexity index is 1300. The predicted octanol–water partition coefficient (Wildman–Crippen LogP) is 4.44. The molecule has 1 saturated heterocycles. The second-order valence-electron chi connectivity index (χ2n) is 9.45. The first-order valence-electron chi connectivity index (χ1n) is 11.4. The number of likely N-dealkylation sites (tertiary alicyclic amines) is 1. The van der Waals surface area contributed by atoms with Gasteiger partial charge in [-0.25, -0.2) is 9.50 Å². The Morgan fingerprint density at radius 3 is 2.36 bits per heavy atom. The van der Waals surface area contributed by atoms with Crippen molar-refractivity contribution in [2.75, 3.05) is 26.7 Å². The highest BCUT2D eigenvalue weighted by atomic mass is 16.2. The van der Waals surface area contributed by atoms with Crippen LogP contribution in [0, 0.1) is 12.3 Å². The number of amides is 1. The number of hydrogen-bond donors (Lipinski definition) is 1. The van der Waals surface area contributed by atoms with Crippen LogP contribution in [0.25, 0.3) is 28.2 Å². The number of carbonyl (C=O) groups is 1. The first kappa shape index (κ1) is 21.3. The van der Waals surface area contributed by atoms with Crippen molar-refractivity contribution in [1.82, 2.24) is 24.8 Å². The summed E-state index contributed by atoms with van der Waals surface area (Å²) in [6, 6.07) is 22.3. The number of aromatic nitrogens is 3. The van der Waals surface area contributed by atoms with Gasteiger partial charge < -0.3 is 10.2 Å². The number of nitrogens with one attached hydrogen (secondary N) is 1. The second-order valence-corrected chi connectivity index (χ2v) is 9.45. The monoisotopic (exact) mass is 439 g/mol. The predicted molar refractivity (Wildman–Crippen MR) is 131 cm³/mol. The first-order chi connectivity index (χ1) is 15.9. The summed E-state index contributed by atoms with van der Waals surface area (Å²) in [7, 11) is 2.13. The van der Waals surface area contributed by atoms with E-state index in [9.17, 15) is 4.79 Å². The summed E-state index contributed by atoms with van der Waals surface area (Å²) in [5, 5.41) is 7.88. The van der Waals surface area contributed by atoms with Crippen molar-refractivity contribution in [3.05, 3.63) is 78.0 Å². The molecule has 33 heavy (non-hydrogen) atoms. The average Bonchev–Trinajstić information content (AvgIpc) is 3.37. The topological polar surface area (TPSA) is 62.5 Å². The van der Waals surface area contributed by atoms with Gasteiger partial charge in [0, 0.05) is 29.8 Å². The molecule has 2 aromatic heterocycles. The molecule has 1 aliphatic heterocycles. The van der Waals surface area contributed by atoms with E-state index in [1.165, 1.54) is 0 Å². The highest BCUT2D eigenvalue weighted by Crippen LogP contribution is 2.30. The number of hydrogen-bond acceptors (Lipinski definition) is 4. The first-order valence-corrected chi connectivity index (χ1v) is 11.4. The highest BCUT2D eigenvalue weighted by molar-refractivity contribution is 5.95. The lowest BCUT2D eigenvalue weighted by atomic mass is 9.90. The Morgan fingerprint density at radius 1 is 1.06 bits per heavy atom. The van der Waals surface area contributed by atoms with Crippen LogP contribution < -0.4 is 5.32 Å². The van der Waals surface area contributed by atoms with Gasteiger partial charge in [-0.2, -0.15) is 5.10 Å². The zero-order valence-electron chi connectivity index (χ0n) is 19.4. The van der Waals surface area contributed by atoms with Crippen molar-refractivity contribution in [2.45, 2.75) is 20.3 Å². The average molecular weight is 440 g/mol. The zero-order chi connectivity index (χ0) is 23.0. The molecule has 0 spiro atoms. The van der Waals surface area contributed by atoms with Crippen LogP contribution in [0.5, 0.6) is 0 Å². The lowest BCUT2D eigenvalue weighted by molar-refractivity contribution is 0.0929. The lowest BCUT2D eigenvalue weighted by Gasteiger charge is -2.23. The Labute approximate surface area is 194 Å². The van der Waals surface area contributed by atoms with Gasteiger partial charge in [-0.05, 0) is 38.4 Å². The normalized spacial score (nSPS) is 18.6. The van der Waals surface area contributed by atoms with E-state index in [4.69, 9.17) is 10.1 Å². The van der Waals surface area contributed by atoms with Gasteiger partial charge in [0.2, 0.25) is 0 Å². The van der Waals surface area contributed by atoms with E-state index in [2.05, 4.69) is 36.3 Å². The molecular weight excluding hydrogens is 410 g/mol. The van der Waals surface area contributed by atoms with Crippen LogP contribution in [0.2, 0.25) is 0 Å². The summed E-state index contributed by atoms with van der Waals surface area (Å²) >= 11 is 0. The van der Waals surface area contributed by atoms with Crippen LogP contribution >= 0.6 is 0 Å². The molecular formula is C27H29N5O. The van der Waals surface area contributed by atoms with E-state index in [0.717, 1.165) is 47.6 Å². The van der Waals surface area contributed by atoms with E-state index >= 15 is 0 Å². The molecule has 1 aliphatic rings. The molecule has 4 aromatic rings. The smallest absolute Gasteiger partial charge is 0.272 e. The largest absolute Gasteiger partial charge is 0.350 e. The molecule has 0 radical (unpaired) electrons. The van der Waals surface area contributed by atoms with Crippen LogP contribution in [0.1, 0.15) is 29.4 Å². The van der Waals surface area contributed by atoms with Crippen LogP contribution in [0.15, 0.2) is 66.7 Å². The summed E-state index contributed by atoms with van der Waals surface area (Å²) in [5.74, 6) is -0.144. The fourth-order valence-corrected chi connectivity index (χ4v) is 4.70. The van der Waals surface area contributed by atoms with E-state index < -0.39 is 0 Å². The summed E-state index contributed by atoms with van der Waals surface area (Å²) in [5.41, 5.74) is 5.83. The molecule has 1 unspecified atom stereocenters. The Balaban J connectivity index is 1.56. The van der Waals surface area contributed by atoms with Gasteiger partial charge in [0.25, 0.3) is 5.91 Å². The molecule has 6 heteroatoms. The number of carbonyl (C=O) groups excluding carboxylic acids is 1. The van der Waals surface area contributed by atoms with Crippen molar-refractivity contribution in [1.29, 1.82) is 0 Å². The molecule has 1 atom stereocenters. The summed E-state index contributed by atoms with van der Waals surface area (Å²) in [6.45, 7) is 6.84. The molecule has 1 N–H and O–H groups in total. The maximum Gasteiger partial charge on any atom is 0.272 e. The number of aryl methyl sites for hydroxylation is 1. The highest BCUT2D eigenvalue weighted by Gasteiger charge is 2.33. The van der Waals surface area contributed by atoms with Crippen molar-refractivity contribution < 1.29 is 4.79 Å². The number of fused-ring (bicyclic) bond motifs is 1. The van der Waals surface area contributed by atoms with Crippen LogP contribution in [0.4, 0.5) is 0 Å².